The van der Waals surface area contributed by atoms with Gasteiger partial charge in [0, 0.05) is 28.9 Å². The molecule has 0 atom stereocenters. The average molecular weight is 243 g/mol. The average Bonchev–Trinajstić information content (AvgIpc) is 2.23. The molecule has 0 N–H and O–H groups in total. The first-order valence-corrected chi connectivity index (χ1v) is 4.62. The fraction of sp³-hybridized carbons (Fsp3) is 0.167. The molecule has 0 bridgehead atoms. The van der Waals surface area contributed by atoms with E-state index in [9.17, 15) is 0 Å². The molecule has 0 radical (unpaired) electrons. The van der Waals surface area contributed by atoms with Crippen molar-refractivity contribution >= 4 is 0 Å². The van der Waals surface area contributed by atoms with Gasteiger partial charge in [-0.2, -0.15) is 0 Å². The molecule has 3 heteroatoms. The van der Waals surface area contributed by atoms with Crippen molar-refractivity contribution in [2.45, 2.75) is 13.8 Å². The van der Waals surface area contributed by atoms with Crippen molar-refractivity contribution in [1.82, 2.24) is 9.97 Å². The summed E-state index contributed by atoms with van der Waals surface area (Å²) >= 11 is 0. The van der Waals surface area contributed by atoms with Crippen LogP contribution < -0.4 is 0 Å². The molecule has 0 aliphatic rings. The van der Waals surface area contributed by atoms with E-state index in [2.05, 4.69) is 23.8 Å². The van der Waals surface area contributed by atoms with Crippen molar-refractivity contribution < 1.29 is 16.5 Å². The number of hydrogen-bond acceptors (Lipinski definition) is 2. The van der Waals surface area contributed by atoms with E-state index in [-0.39, 0.29) is 16.5 Å². The Kier molecular flexibility index (Phi) is 3.99. The molecule has 0 fully saturated rings. The van der Waals surface area contributed by atoms with Gasteiger partial charge in [0.2, 0.25) is 0 Å². The van der Waals surface area contributed by atoms with Crippen molar-refractivity contribution in [3.63, 3.8) is 0 Å². The van der Waals surface area contributed by atoms with Crippen LogP contribution in [0.5, 0.6) is 0 Å². The van der Waals surface area contributed by atoms with Crippen molar-refractivity contribution in [2.75, 3.05) is 0 Å². The molecule has 0 amide bonds. The van der Waals surface area contributed by atoms with E-state index in [0.717, 1.165) is 11.4 Å². The van der Waals surface area contributed by atoms with Gasteiger partial charge in [-0.05, 0) is 43.2 Å². The predicted octanol–water partition coefficient (Wildman–Crippen LogP) is 2.76. The van der Waals surface area contributed by atoms with E-state index in [1.54, 1.807) is 6.20 Å². The molecule has 0 aliphatic heterocycles. The van der Waals surface area contributed by atoms with Crippen LogP contribution in [0.2, 0.25) is 0 Å². The molecular formula is C12H12N2Ni. The summed E-state index contributed by atoms with van der Waals surface area (Å²) in [4.78, 5) is 8.64. The molecule has 0 saturated heterocycles. The SMILES string of the molecule is Cc1ccnc(-c2ccccn2)c1C.[Ni]. The van der Waals surface area contributed by atoms with E-state index in [0.29, 0.717) is 0 Å². The second-order valence-electron chi connectivity index (χ2n) is 3.32. The minimum Gasteiger partial charge on any atom is -0.255 e. The molecule has 2 aromatic rings. The Balaban J connectivity index is 0.00000112. The summed E-state index contributed by atoms with van der Waals surface area (Å²) in [5.41, 5.74) is 4.37. The van der Waals surface area contributed by atoms with E-state index in [1.165, 1.54) is 11.1 Å². The summed E-state index contributed by atoms with van der Waals surface area (Å²) in [5, 5.41) is 0. The van der Waals surface area contributed by atoms with E-state index in [4.69, 9.17) is 0 Å². The fourth-order valence-corrected chi connectivity index (χ4v) is 1.39. The largest absolute Gasteiger partial charge is 0.255 e. The Morgan fingerprint density at radius 2 is 1.73 bits per heavy atom. The third-order valence-corrected chi connectivity index (χ3v) is 2.38. The standard InChI is InChI=1S/C12H12N2.Ni/c1-9-6-8-14-12(10(9)2)11-5-3-4-7-13-11;/h3-8H,1-2H3;. The van der Waals surface area contributed by atoms with Crippen LogP contribution in [0.3, 0.4) is 0 Å². The molecule has 2 rings (SSSR count). The number of aromatic nitrogens is 2. The molecule has 0 aromatic carbocycles. The van der Waals surface area contributed by atoms with Crippen LogP contribution >= 0.6 is 0 Å². The van der Waals surface area contributed by atoms with Crippen molar-refractivity contribution in [3.8, 4) is 11.4 Å². The summed E-state index contributed by atoms with van der Waals surface area (Å²) in [6.07, 6.45) is 3.62. The maximum Gasteiger partial charge on any atom is 0.0917 e. The molecule has 0 unspecified atom stereocenters. The number of pyridine rings is 2. The summed E-state index contributed by atoms with van der Waals surface area (Å²) in [5.74, 6) is 0. The first-order valence-electron chi connectivity index (χ1n) is 4.62. The summed E-state index contributed by atoms with van der Waals surface area (Å²) in [6.45, 7) is 4.16. The number of nitrogens with zero attached hydrogens (tertiary/aromatic N) is 2. The second-order valence-corrected chi connectivity index (χ2v) is 3.32. The molecular weight excluding hydrogens is 231 g/mol. The predicted molar refractivity (Wildman–Crippen MR) is 56.9 cm³/mol. The van der Waals surface area contributed by atoms with Gasteiger partial charge >= 0.3 is 0 Å². The maximum absolute atomic E-state index is 4.35. The van der Waals surface area contributed by atoms with Crippen molar-refractivity contribution in [1.29, 1.82) is 0 Å². The van der Waals surface area contributed by atoms with Crippen LogP contribution in [-0.4, -0.2) is 9.97 Å². The molecule has 2 aromatic heterocycles. The third-order valence-electron chi connectivity index (χ3n) is 2.38. The minimum atomic E-state index is 0. The molecule has 15 heavy (non-hydrogen) atoms. The summed E-state index contributed by atoms with van der Waals surface area (Å²) < 4.78 is 0. The Morgan fingerprint density at radius 3 is 2.40 bits per heavy atom. The number of hydrogen-bond donors (Lipinski definition) is 0. The van der Waals surface area contributed by atoms with Crippen LogP contribution in [-0.2, 0) is 16.5 Å². The topological polar surface area (TPSA) is 25.8 Å². The van der Waals surface area contributed by atoms with Gasteiger partial charge in [-0.25, -0.2) is 0 Å². The smallest absolute Gasteiger partial charge is 0.0917 e. The maximum atomic E-state index is 4.35. The third kappa shape index (κ3) is 2.42. The Labute approximate surface area is 99.7 Å². The zero-order valence-electron chi connectivity index (χ0n) is 8.67. The zero-order valence-corrected chi connectivity index (χ0v) is 9.66. The first kappa shape index (κ1) is 11.9. The van der Waals surface area contributed by atoms with Crippen LogP contribution in [0.1, 0.15) is 11.1 Å². The molecule has 2 heterocycles. The van der Waals surface area contributed by atoms with Gasteiger partial charge < -0.3 is 0 Å². The Bertz CT molecular complexity index is 441. The van der Waals surface area contributed by atoms with Gasteiger partial charge in [0.15, 0.2) is 0 Å². The normalized spacial score (nSPS) is 9.47. The quantitative estimate of drug-likeness (QED) is 0.719. The molecule has 0 spiro atoms. The molecule has 0 aliphatic carbocycles. The Morgan fingerprint density at radius 1 is 0.933 bits per heavy atom. The molecule has 80 valence electrons. The van der Waals surface area contributed by atoms with Gasteiger partial charge in [-0.1, -0.05) is 6.07 Å². The number of rotatable bonds is 1. The van der Waals surface area contributed by atoms with Crippen LogP contribution in [0, 0.1) is 13.8 Å². The van der Waals surface area contributed by atoms with Crippen molar-refractivity contribution in [3.05, 3.63) is 47.8 Å². The monoisotopic (exact) mass is 242 g/mol. The van der Waals surface area contributed by atoms with Crippen LogP contribution in [0.25, 0.3) is 11.4 Å². The summed E-state index contributed by atoms with van der Waals surface area (Å²) in [7, 11) is 0. The van der Waals surface area contributed by atoms with Crippen LogP contribution in [0.15, 0.2) is 36.7 Å². The second kappa shape index (κ2) is 5.04. The molecule has 2 nitrogen and oxygen atoms in total. The van der Waals surface area contributed by atoms with Gasteiger partial charge in [-0.3, -0.25) is 9.97 Å². The first-order chi connectivity index (χ1) is 6.79. The van der Waals surface area contributed by atoms with Gasteiger partial charge in [-0.15, -0.1) is 0 Å². The van der Waals surface area contributed by atoms with E-state index < -0.39 is 0 Å². The number of aryl methyl sites for hydroxylation is 1. The van der Waals surface area contributed by atoms with Gasteiger partial charge in [0.05, 0.1) is 11.4 Å². The van der Waals surface area contributed by atoms with Crippen molar-refractivity contribution in [2.24, 2.45) is 0 Å². The Hall–Kier alpha value is -1.21. The molecule has 0 saturated carbocycles. The van der Waals surface area contributed by atoms with Crippen LogP contribution in [0.4, 0.5) is 0 Å². The van der Waals surface area contributed by atoms with Gasteiger partial charge in [0.1, 0.15) is 0 Å². The van der Waals surface area contributed by atoms with E-state index >= 15 is 0 Å². The van der Waals surface area contributed by atoms with E-state index in [1.807, 2.05) is 30.5 Å². The van der Waals surface area contributed by atoms with Gasteiger partial charge in [0.25, 0.3) is 0 Å². The fourth-order valence-electron chi connectivity index (χ4n) is 1.39. The zero-order chi connectivity index (χ0) is 9.97. The minimum absolute atomic E-state index is 0. The summed E-state index contributed by atoms with van der Waals surface area (Å²) in [6, 6.07) is 7.89.